The standard InChI is InChI=1S/C20H34N2O2S/c1-21(2)11-16-10-17(15-23)13-22(12-16)14-18-8-9-20(24-18)25-19-6-4-3-5-7-19/h8-9,16-17,19,23H,3-7,10-15H2,1-2H3/t16-,17+/m1/s1. The minimum Gasteiger partial charge on any atom is -0.454 e. The molecule has 0 bridgehead atoms. The summed E-state index contributed by atoms with van der Waals surface area (Å²) in [6.07, 6.45) is 7.93. The summed E-state index contributed by atoms with van der Waals surface area (Å²) in [5.74, 6) is 2.09. The Bertz CT molecular complexity index is 514. The summed E-state index contributed by atoms with van der Waals surface area (Å²) in [4.78, 5) is 4.72. The van der Waals surface area contributed by atoms with E-state index < -0.39 is 0 Å². The molecule has 4 nitrogen and oxygen atoms in total. The molecule has 0 amide bonds. The third kappa shape index (κ3) is 6.02. The summed E-state index contributed by atoms with van der Waals surface area (Å²) in [7, 11) is 4.27. The Hall–Kier alpha value is -0.490. The van der Waals surface area contributed by atoms with Crippen LogP contribution in [0.4, 0.5) is 0 Å². The first-order valence-corrected chi connectivity index (χ1v) is 10.7. The molecular weight excluding hydrogens is 332 g/mol. The zero-order chi connectivity index (χ0) is 17.6. The molecule has 0 unspecified atom stereocenters. The number of furan rings is 1. The number of likely N-dealkylation sites (tertiary alicyclic amines) is 1. The molecule has 2 aliphatic rings. The fraction of sp³-hybridized carbons (Fsp3) is 0.800. The second-order valence-corrected chi connectivity index (χ2v) is 9.51. The van der Waals surface area contributed by atoms with Crippen LogP contribution in [-0.4, -0.2) is 60.5 Å². The number of thioether (sulfide) groups is 1. The lowest BCUT2D eigenvalue weighted by Crippen LogP contribution is -2.44. The summed E-state index contributed by atoms with van der Waals surface area (Å²) in [5.41, 5.74) is 0. The molecule has 1 aromatic rings. The quantitative estimate of drug-likeness (QED) is 0.797. The van der Waals surface area contributed by atoms with E-state index in [2.05, 4.69) is 36.0 Å². The maximum atomic E-state index is 9.65. The van der Waals surface area contributed by atoms with E-state index in [1.807, 2.05) is 11.8 Å². The lowest BCUT2D eigenvalue weighted by atomic mass is 9.89. The van der Waals surface area contributed by atoms with Gasteiger partial charge in [0.1, 0.15) is 5.76 Å². The van der Waals surface area contributed by atoms with Gasteiger partial charge in [-0.25, -0.2) is 0 Å². The fourth-order valence-corrected chi connectivity index (χ4v) is 5.61. The Morgan fingerprint density at radius 3 is 2.64 bits per heavy atom. The average Bonchev–Trinajstić information content (AvgIpc) is 3.01. The minimum absolute atomic E-state index is 0.293. The van der Waals surface area contributed by atoms with Crippen LogP contribution >= 0.6 is 11.8 Å². The highest BCUT2D eigenvalue weighted by atomic mass is 32.2. The first kappa shape index (κ1) is 19.3. The fourth-order valence-electron chi connectivity index (χ4n) is 4.41. The molecule has 5 heteroatoms. The second-order valence-electron chi connectivity index (χ2n) is 8.21. The summed E-state index contributed by atoms with van der Waals surface area (Å²) < 4.78 is 6.12. The maximum Gasteiger partial charge on any atom is 0.160 e. The molecule has 142 valence electrons. The molecule has 1 aliphatic carbocycles. The number of hydrogen-bond donors (Lipinski definition) is 1. The van der Waals surface area contributed by atoms with Gasteiger partial charge in [-0.1, -0.05) is 31.0 Å². The van der Waals surface area contributed by atoms with Gasteiger partial charge in [0.25, 0.3) is 0 Å². The van der Waals surface area contributed by atoms with Gasteiger partial charge in [0, 0.05) is 31.5 Å². The highest BCUT2D eigenvalue weighted by Gasteiger charge is 2.28. The smallest absolute Gasteiger partial charge is 0.160 e. The predicted molar refractivity (Wildman–Crippen MR) is 104 cm³/mol. The number of aliphatic hydroxyl groups is 1. The number of rotatable bonds is 7. The van der Waals surface area contributed by atoms with E-state index in [1.54, 1.807) is 0 Å². The largest absolute Gasteiger partial charge is 0.454 e. The van der Waals surface area contributed by atoms with Gasteiger partial charge in [0.05, 0.1) is 6.54 Å². The first-order chi connectivity index (χ1) is 12.1. The molecule has 1 saturated heterocycles. The van der Waals surface area contributed by atoms with Crippen molar-refractivity contribution < 1.29 is 9.52 Å². The van der Waals surface area contributed by atoms with Crippen molar-refractivity contribution in [2.45, 2.75) is 55.4 Å². The molecule has 1 saturated carbocycles. The van der Waals surface area contributed by atoms with Crippen LogP contribution in [0.15, 0.2) is 21.6 Å². The van der Waals surface area contributed by atoms with Crippen LogP contribution in [0.2, 0.25) is 0 Å². The molecule has 3 rings (SSSR count). The highest BCUT2D eigenvalue weighted by Crippen LogP contribution is 2.35. The van der Waals surface area contributed by atoms with Crippen LogP contribution < -0.4 is 0 Å². The third-order valence-corrected chi connectivity index (χ3v) is 6.69. The van der Waals surface area contributed by atoms with Gasteiger partial charge in [-0.15, -0.1) is 0 Å². The van der Waals surface area contributed by atoms with E-state index >= 15 is 0 Å². The average molecular weight is 367 g/mol. The van der Waals surface area contributed by atoms with E-state index in [0.29, 0.717) is 18.4 Å². The van der Waals surface area contributed by atoms with Crippen molar-refractivity contribution in [2.75, 3.05) is 40.3 Å². The molecule has 1 aromatic heterocycles. The van der Waals surface area contributed by atoms with Gasteiger partial charge in [-0.3, -0.25) is 4.90 Å². The Balaban J connectivity index is 1.53. The zero-order valence-electron chi connectivity index (χ0n) is 15.8. The maximum absolute atomic E-state index is 9.65. The van der Waals surface area contributed by atoms with Crippen molar-refractivity contribution in [1.29, 1.82) is 0 Å². The summed E-state index contributed by atoms with van der Waals surface area (Å²) in [5, 5.41) is 11.5. The lowest BCUT2D eigenvalue weighted by molar-refractivity contribution is 0.0644. The van der Waals surface area contributed by atoms with Crippen LogP contribution in [0, 0.1) is 11.8 Å². The number of aliphatic hydroxyl groups excluding tert-OH is 1. The lowest BCUT2D eigenvalue weighted by Gasteiger charge is -2.37. The summed E-state index contributed by atoms with van der Waals surface area (Å²) in [6, 6.07) is 4.30. The molecule has 0 spiro atoms. The first-order valence-electron chi connectivity index (χ1n) is 9.85. The molecule has 2 heterocycles. The summed E-state index contributed by atoms with van der Waals surface area (Å²) >= 11 is 1.93. The van der Waals surface area contributed by atoms with E-state index in [9.17, 15) is 5.11 Å². The van der Waals surface area contributed by atoms with Crippen molar-refractivity contribution in [3.05, 3.63) is 17.9 Å². The summed E-state index contributed by atoms with van der Waals surface area (Å²) in [6.45, 7) is 4.33. The second kappa shape index (κ2) is 9.45. The van der Waals surface area contributed by atoms with E-state index in [0.717, 1.165) is 48.7 Å². The Morgan fingerprint density at radius 1 is 1.16 bits per heavy atom. The molecular formula is C20H34N2O2S. The van der Waals surface area contributed by atoms with Crippen LogP contribution in [-0.2, 0) is 6.54 Å². The predicted octanol–water partition coefficient (Wildman–Crippen LogP) is 3.70. The SMILES string of the molecule is CN(C)C[C@H]1C[C@H](CO)CN(Cc2ccc(SC3CCCCC3)o2)C1. The third-order valence-electron chi connectivity index (χ3n) is 5.43. The monoisotopic (exact) mass is 366 g/mol. The zero-order valence-corrected chi connectivity index (χ0v) is 16.6. The van der Waals surface area contributed by atoms with Crippen molar-refractivity contribution in [3.8, 4) is 0 Å². The molecule has 1 aliphatic heterocycles. The number of hydrogen-bond acceptors (Lipinski definition) is 5. The molecule has 2 fully saturated rings. The van der Waals surface area contributed by atoms with Crippen molar-refractivity contribution in [3.63, 3.8) is 0 Å². The van der Waals surface area contributed by atoms with Gasteiger partial charge in [-0.05, 0) is 57.3 Å². The number of nitrogens with zero attached hydrogens (tertiary/aromatic N) is 2. The van der Waals surface area contributed by atoms with E-state index in [-0.39, 0.29) is 0 Å². The van der Waals surface area contributed by atoms with E-state index in [1.165, 1.54) is 32.1 Å². The normalized spacial score (nSPS) is 26.4. The molecule has 0 radical (unpaired) electrons. The van der Waals surface area contributed by atoms with Crippen molar-refractivity contribution in [1.82, 2.24) is 9.80 Å². The van der Waals surface area contributed by atoms with Gasteiger partial charge in [0.15, 0.2) is 5.09 Å². The van der Waals surface area contributed by atoms with Crippen LogP contribution in [0.5, 0.6) is 0 Å². The van der Waals surface area contributed by atoms with E-state index in [4.69, 9.17) is 4.42 Å². The molecule has 25 heavy (non-hydrogen) atoms. The van der Waals surface area contributed by atoms with Gasteiger partial charge in [0.2, 0.25) is 0 Å². The Morgan fingerprint density at radius 2 is 1.92 bits per heavy atom. The van der Waals surface area contributed by atoms with Crippen molar-refractivity contribution in [2.24, 2.45) is 11.8 Å². The highest BCUT2D eigenvalue weighted by molar-refractivity contribution is 7.99. The van der Waals surface area contributed by atoms with Gasteiger partial charge in [-0.2, -0.15) is 0 Å². The van der Waals surface area contributed by atoms with Gasteiger partial charge >= 0.3 is 0 Å². The van der Waals surface area contributed by atoms with Crippen LogP contribution in [0.3, 0.4) is 0 Å². The van der Waals surface area contributed by atoms with Crippen LogP contribution in [0.1, 0.15) is 44.3 Å². The Kier molecular flexibility index (Phi) is 7.28. The Labute approximate surface area is 156 Å². The number of piperidine rings is 1. The van der Waals surface area contributed by atoms with Crippen LogP contribution in [0.25, 0.3) is 0 Å². The van der Waals surface area contributed by atoms with Gasteiger partial charge < -0.3 is 14.4 Å². The van der Waals surface area contributed by atoms with Crippen molar-refractivity contribution >= 4 is 11.8 Å². The topological polar surface area (TPSA) is 39.9 Å². The molecule has 2 atom stereocenters. The minimum atomic E-state index is 0.293. The molecule has 1 N–H and O–H groups in total. The molecule has 0 aromatic carbocycles.